The average molecular weight is 438 g/mol. The summed E-state index contributed by atoms with van der Waals surface area (Å²) in [6.07, 6.45) is 4.71. The number of anilines is 1. The lowest BCUT2D eigenvalue weighted by molar-refractivity contribution is -0.135. The quantitative estimate of drug-likeness (QED) is 0.512. The molecule has 0 radical (unpaired) electrons. The van der Waals surface area contributed by atoms with Gasteiger partial charge in [0.1, 0.15) is 0 Å². The number of amides is 1. The van der Waals surface area contributed by atoms with Gasteiger partial charge in [0.05, 0.1) is 18.4 Å². The molecule has 0 spiro atoms. The van der Waals surface area contributed by atoms with Crippen LogP contribution in [0.2, 0.25) is 0 Å². The van der Waals surface area contributed by atoms with E-state index in [0.717, 1.165) is 43.1 Å². The molecule has 1 aromatic heterocycles. The maximum atomic E-state index is 12.6. The third kappa shape index (κ3) is 4.68. The van der Waals surface area contributed by atoms with Crippen molar-refractivity contribution in [2.45, 2.75) is 71.8 Å². The Balaban J connectivity index is 1.74. The Labute approximate surface area is 185 Å². The van der Waals surface area contributed by atoms with Crippen molar-refractivity contribution in [3.05, 3.63) is 10.6 Å². The second kappa shape index (κ2) is 9.96. The van der Waals surface area contributed by atoms with Crippen molar-refractivity contribution in [3.8, 4) is 0 Å². The standard InChI is InChI=1S/C23H39N3O3S/c1-6-7-10-25-22-26-19-15(3)18-20(27)16(14(2)21(28)24-11-12-29-5)8-9-23(18,4)13-17(19)30-22/h14-16,18,20,27H,6-13H2,1-5H3,(H,24,28)(H,25,26)/t14-,15-,16+,18+,20-,23-/m0/s1. The molecule has 1 fully saturated rings. The molecule has 2 aliphatic carbocycles. The van der Waals surface area contributed by atoms with Crippen LogP contribution in [0.25, 0.3) is 0 Å². The van der Waals surface area contributed by atoms with Crippen molar-refractivity contribution >= 4 is 22.4 Å². The van der Waals surface area contributed by atoms with E-state index in [4.69, 9.17) is 9.72 Å². The number of nitrogens with zero attached hydrogens (tertiary/aromatic N) is 1. The van der Waals surface area contributed by atoms with Crippen molar-refractivity contribution in [2.24, 2.45) is 23.2 Å². The van der Waals surface area contributed by atoms with Crippen LogP contribution in [0.5, 0.6) is 0 Å². The molecule has 170 valence electrons. The predicted molar refractivity (Wildman–Crippen MR) is 122 cm³/mol. The zero-order chi connectivity index (χ0) is 21.9. The van der Waals surface area contributed by atoms with Crippen molar-refractivity contribution in [2.75, 3.05) is 32.1 Å². The van der Waals surface area contributed by atoms with Gasteiger partial charge in [-0.2, -0.15) is 0 Å². The van der Waals surface area contributed by atoms with Gasteiger partial charge in [-0.15, -0.1) is 11.3 Å². The largest absolute Gasteiger partial charge is 0.392 e. The molecule has 7 heteroatoms. The van der Waals surface area contributed by atoms with Gasteiger partial charge in [-0.1, -0.05) is 34.1 Å². The second-order valence-electron chi connectivity index (χ2n) is 9.52. The number of aromatic nitrogens is 1. The molecule has 2 aliphatic rings. The summed E-state index contributed by atoms with van der Waals surface area (Å²) in [6.45, 7) is 10.7. The molecule has 0 saturated heterocycles. The first kappa shape index (κ1) is 23.5. The summed E-state index contributed by atoms with van der Waals surface area (Å²) in [4.78, 5) is 18.9. The van der Waals surface area contributed by atoms with Gasteiger partial charge in [0.15, 0.2) is 5.13 Å². The van der Waals surface area contributed by atoms with Gasteiger partial charge in [0, 0.05) is 36.9 Å². The number of nitrogens with one attached hydrogen (secondary N) is 2. The van der Waals surface area contributed by atoms with Gasteiger partial charge < -0.3 is 20.5 Å². The normalized spacial score (nSPS) is 31.5. The van der Waals surface area contributed by atoms with E-state index in [0.29, 0.717) is 13.2 Å². The summed E-state index contributed by atoms with van der Waals surface area (Å²) >= 11 is 1.79. The number of unbranched alkanes of at least 4 members (excludes halogenated alkanes) is 1. The van der Waals surface area contributed by atoms with Crippen LogP contribution in [0.4, 0.5) is 5.13 Å². The van der Waals surface area contributed by atoms with Gasteiger partial charge in [-0.05, 0) is 42.9 Å². The number of carbonyl (C=O) groups is 1. The van der Waals surface area contributed by atoms with Crippen LogP contribution in [0.3, 0.4) is 0 Å². The molecule has 3 rings (SSSR count). The molecule has 1 aromatic rings. The third-order valence-electron chi connectivity index (χ3n) is 7.39. The van der Waals surface area contributed by atoms with Crippen LogP contribution in [-0.4, -0.2) is 48.9 Å². The first-order valence-corrected chi connectivity index (χ1v) is 12.3. The first-order valence-electron chi connectivity index (χ1n) is 11.5. The SMILES string of the molecule is CCCCNc1nc2c(s1)C[C@]1(C)CC[C@H]([C@H](C)C(=O)NCCOC)[C@H](O)[C@H]1[C@@H]2C. The average Bonchev–Trinajstić information content (AvgIpc) is 3.10. The van der Waals surface area contributed by atoms with E-state index in [9.17, 15) is 9.90 Å². The summed E-state index contributed by atoms with van der Waals surface area (Å²) in [5.41, 5.74) is 1.21. The number of ether oxygens (including phenoxy) is 1. The van der Waals surface area contributed by atoms with Gasteiger partial charge in [-0.25, -0.2) is 4.98 Å². The minimum atomic E-state index is -0.492. The number of fused-ring (bicyclic) bond motifs is 2. The summed E-state index contributed by atoms with van der Waals surface area (Å²) in [5, 5.41) is 18.9. The monoisotopic (exact) mass is 437 g/mol. The number of rotatable bonds is 9. The van der Waals surface area contributed by atoms with Crippen LogP contribution in [-0.2, 0) is 16.0 Å². The highest BCUT2D eigenvalue weighted by atomic mass is 32.1. The van der Waals surface area contributed by atoms with Crippen molar-refractivity contribution < 1.29 is 14.6 Å². The highest BCUT2D eigenvalue weighted by Gasteiger charge is 2.53. The molecule has 0 aromatic carbocycles. The first-order chi connectivity index (χ1) is 14.3. The van der Waals surface area contributed by atoms with Crippen LogP contribution in [0.1, 0.15) is 69.9 Å². The van der Waals surface area contributed by atoms with Gasteiger partial charge >= 0.3 is 0 Å². The number of carbonyl (C=O) groups excluding carboxylic acids is 1. The Morgan fingerprint density at radius 1 is 1.43 bits per heavy atom. The fraction of sp³-hybridized carbons (Fsp3) is 0.826. The van der Waals surface area contributed by atoms with Gasteiger partial charge in [0.25, 0.3) is 0 Å². The minimum absolute atomic E-state index is 0.0138. The number of hydrogen-bond acceptors (Lipinski definition) is 6. The highest BCUT2D eigenvalue weighted by Crippen LogP contribution is 2.57. The molecule has 0 bridgehead atoms. The number of thiazole rings is 1. The van der Waals surface area contributed by atoms with Crippen molar-refractivity contribution in [3.63, 3.8) is 0 Å². The van der Waals surface area contributed by atoms with E-state index in [-0.39, 0.29) is 35.0 Å². The number of aliphatic hydroxyl groups is 1. The number of hydrogen-bond donors (Lipinski definition) is 3. The molecular formula is C23H39N3O3S. The lowest BCUT2D eigenvalue weighted by Crippen LogP contribution is -2.53. The zero-order valence-corrected chi connectivity index (χ0v) is 20.0. The molecule has 6 atom stereocenters. The van der Waals surface area contributed by atoms with E-state index < -0.39 is 6.10 Å². The lowest BCUT2D eigenvalue weighted by atomic mass is 9.53. The van der Waals surface area contributed by atoms with Crippen molar-refractivity contribution in [1.29, 1.82) is 0 Å². The molecule has 0 unspecified atom stereocenters. The van der Waals surface area contributed by atoms with Crippen LogP contribution < -0.4 is 10.6 Å². The zero-order valence-electron chi connectivity index (χ0n) is 19.2. The maximum absolute atomic E-state index is 12.6. The Kier molecular flexibility index (Phi) is 7.80. The maximum Gasteiger partial charge on any atom is 0.223 e. The molecule has 6 nitrogen and oxygen atoms in total. The smallest absolute Gasteiger partial charge is 0.223 e. The topological polar surface area (TPSA) is 83.5 Å². The molecule has 3 N–H and O–H groups in total. The Morgan fingerprint density at radius 3 is 2.90 bits per heavy atom. The van der Waals surface area contributed by atoms with Crippen LogP contribution in [0, 0.1) is 23.2 Å². The lowest BCUT2D eigenvalue weighted by Gasteiger charge is -2.53. The number of methoxy groups -OCH3 is 1. The van der Waals surface area contributed by atoms with Crippen molar-refractivity contribution in [1.82, 2.24) is 10.3 Å². The summed E-state index contributed by atoms with van der Waals surface area (Å²) < 4.78 is 5.03. The van der Waals surface area contributed by atoms with E-state index in [1.165, 1.54) is 11.3 Å². The second-order valence-corrected chi connectivity index (χ2v) is 10.6. The fourth-order valence-electron chi connectivity index (χ4n) is 5.63. The molecule has 0 aliphatic heterocycles. The highest BCUT2D eigenvalue weighted by molar-refractivity contribution is 7.15. The molecule has 1 heterocycles. The Bertz CT molecular complexity index is 725. The van der Waals surface area contributed by atoms with Gasteiger partial charge in [0.2, 0.25) is 5.91 Å². The van der Waals surface area contributed by atoms with E-state index in [1.54, 1.807) is 18.4 Å². The molecular weight excluding hydrogens is 398 g/mol. The predicted octanol–water partition coefficient (Wildman–Crippen LogP) is 3.81. The van der Waals surface area contributed by atoms with E-state index in [2.05, 4.69) is 31.4 Å². The van der Waals surface area contributed by atoms with Crippen LogP contribution in [0.15, 0.2) is 0 Å². The summed E-state index contributed by atoms with van der Waals surface area (Å²) in [5.74, 6) is 0.105. The Hall–Kier alpha value is -1.18. The van der Waals surface area contributed by atoms with Crippen LogP contribution >= 0.6 is 11.3 Å². The third-order valence-corrected chi connectivity index (χ3v) is 8.42. The number of aliphatic hydroxyl groups excluding tert-OH is 1. The van der Waals surface area contributed by atoms with E-state index >= 15 is 0 Å². The Morgan fingerprint density at radius 2 is 2.20 bits per heavy atom. The summed E-state index contributed by atoms with van der Waals surface area (Å²) in [7, 11) is 1.63. The van der Waals surface area contributed by atoms with Gasteiger partial charge in [-0.3, -0.25) is 4.79 Å². The fourth-order valence-corrected chi connectivity index (χ4v) is 6.92. The van der Waals surface area contributed by atoms with E-state index in [1.807, 2.05) is 6.92 Å². The molecule has 1 saturated carbocycles. The minimum Gasteiger partial charge on any atom is -0.392 e. The molecule has 30 heavy (non-hydrogen) atoms. The summed E-state index contributed by atoms with van der Waals surface area (Å²) in [6, 6.07) is 0. The molecule has 1 amide bonds.